The molecular formula is C21H25N3O. The molecule has 1 fully saturated rings. The van der Waals surface area contributed by atoms with Crippen molar-refractivity contribution in [2.24, 2.45) is 0 Å². The molecule has 1 aromatic heterocycles. The van der Waals surface area contributed by atoms with Crippen LogP contribution in [0.4, 0.5) is 0 Å². The molecule has 0 radical (unpaired) electrons. The van der Waals surface area contributed by atoms with E-state index in [4.69, 9.17) is 9.72 Å². The standard InChI is InChI=1S/C21H25N3O/c1-16-7-9-18(10-8-16)15-24-20-6-4-3-5-19(20)22-21(24)17(2)23-11-13-25-14-12-23/h3-10,17H,11-15H2,1-2H3. The maximum Gasteiger partial charge on any atom is 0.127 e. The van der Waals surface area contributed by atoms with Gasteiger partial charge in [0.15, 0.2) is 0 Å². The molecule has 2 aromatic carbocycles. The van der Waals surface area contributed by atoms with Crippen LogP contribution < -0.4 is 0 Å². The molecule has 4 heteroatoms. The lowest BCUT2D eigenvalue weighted by atomic mass is 10.1. The van der Waals surface area contributed by atoms with Crippen LogP contribution in [0.15, 0.2) is 48.5 Å². The Bertz CT molecular complexity index is 847. The van der Waals surface area contributed by atoms with Gasteiger partial charge in [-0.1, -0.05) is 42.0 Å². The van der Waals surface area contributed by atoms with Crippen molar-refractivity contribution in [3.8, 4) is 0 Å². The maximum absolute atomic E-state index is 5.51. The Labute approximate surface area is 149 Å². The summed E-state index contributed by atoms with van der Waals surface area (Å²) in [4.78, 5) is 7.45. The van der Waals surface area contributed by atoms with Gasteiger partial charge in [-0.05, 0) is 31.5 Å². The number of aryl methyl sites for hydroxylation is 1. The number of imidazole rings is 1. The topological polar surface area (TPSA) is 30.3 Å². The minimum absolute atomic E-state index is 0.279. The lowest BCUT2D eigenvalue weighted by Crippen LogP contribution is -2.39. The van der Waals surface area contributed by atoms with Crippen LogP contribution in [-0.2, 0) is 11.3 Å². The molecule has 1 unspecified atom stereocenters. The largest absolute Gasteiger partial charge is 0.379 e. The SMILES string of the molecule is Cc1ccc(Cn2c(C(C)N3CCOCC3)nc3ccccc32)cc1. The normalized spacial score (nSPS) is 17.0. The molecule has 0 bridgehead atoms. The maximum atomic E-state index is 5.51. The molecule has 2 heterocycles. The molecule has 0 aliphatic carbocycles. The highest BCUT2D eigenvalue weighted by atomic mass is 16.5. The second kappa shape index (κ2) is 6.98. The van der Waals surface area contributed by atoms with E-state index in [0.717, 1.165) is 44.2 Å². The van der Waals surface area contributed by atoms with Crippen molar-refractivity contribution in [2.45, 2.75) is 26.4 Å². The molecule has 4 rings (SSSR count). The Kier molecular flexibility index (Phi) is 4.55. The molecule has 130 valence electrons. The number of benzene rings is 2. The Balaban J connectivity index is 1.73. The van der Waals surface area contributed by atoms with Crippen molar-refractivity contribution in [3.63, 3.8) is 0 Å². The second-order valence-electron chi connectivity index (χ2n) is 6.85. The van der Waals surface area contributed by atoms with Crippen molar-refractivity contribution in [2.75, 3.05) is 26.3 Å². The van der Waals surface area contributed by atoms with Crippen molar-refractivity contribution in [1.29, 1.82) is 0 Å². The monoisotopic (exact) mass is 335 g/mol. The van der Waals surface area contributed by atoms with E-state index < -0.39 is 0 Å². The summed E-state index contributed by atoms with van der Waals surface area (Å²) in [7, 11) is 0. The number of aromatic nitrogens is 2. The van der Waals surface area contributed by atoms with Crippen molar-refractivity contribution < 1.29 is 4.74 Å². The molecule has 0 N–H and O–H groups in total. The smallest absolute Gasteiger partial charge is 0.127 e. The molecule has 0 spiro atoms. The number of fused-ring (bicyclic) bond motifs is 1. The van der Waals surface area contributed by atoms with Crippen LogP contribution in [0.2, 0.25) is 0 Å². The van der Waals surface area contributed by atoms with Gasteiger partial charge >= 0.3 is 0 Å². The zero-order valence-electron chi connectivity index (χ0n) is 15.0. The van der Waals surface area contributed by atoms with E-state index in [0.29, 0.717) is 0 Å². The molecular weight excluding hydrogens is 310 g/mol. The van der Waals surface area contributed by atoms with Gasteiger partial charge in [-0.15, -0.1) is 0 Å². The molecule has 3 aromatic rings. The molecule has 1 aliphatic heterocycles. The van der Waals surface area contributed by atoms with Gasteiger partial charge < -0.3 is 9.30 Å². The van der Waals surface area contributed by atoms with E-state index >= 15 is 0 Å². The fourth-order valence-electron chi connectivity index (χ4n) is 3.58. The average molecular weight is 335 g/mol. The number of hydrogen-bond donors (Lipinski definition) is 0. The van der Waals surface area contributed by atoms with E-state index in [9.17, 15) is 0 Å². The Morgan fingerprint density at radius 2 is 1.76 bits per heavy atom. The highest BCUT2D eigenvalue weighted by molar-refractivity contribution is 5.76. The van der Waals surface area contributed by atoms with E-state index in [2.05, 4.69) is 71.8 Å². The van der Waals surface area contributed by atoms with Crippen LogP contribution in [0.3, 0.4) is 0 Å². The summed E-state index contributed by atoms with van der Waals surface area (Å²) >= 11 is 0. The summed E-state index contributed by atoms with van der Waals surface area (Å²) in [6.07, 6.45) is 0. The summed E-state index contributed by atoms with van der Waals surface area (Å²) in [5.41, 5.74) is 4.88. The zero-order valence-corrected chi connectivity index (χ0v) is 15.0. The van der Waals surface area contributed by atoms with Gasteiger partial charge in [0, 0.05) is 19.6 Å². The van der Waals surface area contributed by atoms with E-state index in [1.807, 2.05) is 0 Å². The number of rotatable bonds is 4. The Morgan fingerprint density at radius 3 is 2.52 bits per heavy atom. The molecule has 0 saturated carbocycles. The average Bonchev–Trinajstić information content (AvgIpc) is 3.02. The fourth-order valence-corrected chi connectivity index (χ4v) is 3.58. The van der Waals surface area contributed by atoms with Gasteiger partial charge in [0.2, 0.25) is 0 Å². The van der Waals surface area contributed by atoms with Gasteiger partial charge in [-0.2, -0.15) is 0 Å². The fraction of sp³-hybridized carbons (Fsp3) is 0.381. The highest BCUT2D eigenvalue weighted by Gasteiger charge is 2.24. The molecule has 1 saturated heterocycles. The van der Waals surface area contributed by atoms with E-state index in [1.54, 1.807) is 0 Å². The first-order valence-electron chi connectivity index (χ1n) is 9.05. The minimum Gasteiger partial charge on any atom is -0.379 e. The van der Waals surface area contributed by atoms with Crippen molar-refractivity contribution in [3.05, 3.63) is 65.5 Å². The van der Waals surface area contributed by atoms with Crippen LogP contribution in [0.25, 0.3) is 11.0 Å². The van der Waals surface area contributed by atoms with Gasteiger partial charge in [0.25, 0.3) is 0 Å². The summed E-state index contributed by atoms with van der Waals surface area (Å²) in [5, 5.41) is 0. The predicted molar refractivity (Wildman–Crippen MR) is 101 cm³/mol. The van der Waals surface area contributed by atoms with Crippen LogP contribution in [0.5, 0.6) is 0 Å². The zero-order chi connectivity index (χ0) is 17.2. The first-order valence-corrected chi connectivity index (χ1v) is 9.05. The molecule has 1 atom stereocenters. The number of ether oxygens (including phenoxy) is 1. The van der Waals surface area contributed by atoms with Gasteiger partial charge in [0.05, 0.1) is 30.3 Å². The first-order chi connectivity index (χ1) is 12.2. The predicted octanol–water partition coefficient (Wildman–Crippen LogP) is 3.79. The molecule has 4 nitrogen and oxygen atoms in total. The molecule has 0 amide bonds. The van der Waals surface area contributed by atoms with Gasteiger partial charge in [-0.25, -0.2) is 4.98 Å². The summed E-state index contributed by atoms with van der Waals surface area (Å²) in [6.45, 7) is 8.79. The van der Waals surface area contributed by atoms with E-state index in [1.165, 1.54) is 16.6 Å². The lowest BCUT2D eigenvalue weighted by Gasteiger charge is -2.32. The number of hydrogen-bond acceptors (Lipinski definition) is 3. The van der Waals surface area contributed by atoms with Crippen LogP contribution in [0.1, 0.15) is 29.9 Å². The molecule has 25 heavy (non-hydrogen) atoms. The van der Waals surface area contributed by atoms with Gasteiger partial charge in [0.1, 0.15) is 5.82 Å². The third-order valence-corrected chi connectivity index (χ3v) is 5.11. The van der Waals surface area contributed by atoms with E-state index in [-0.39, 0.29) is 6.04 Å². The lowest BCUT2D eigenvalue weighted by molar-refractivity contribution is 0.0177. The van der Waals surface area contributed by atoms with Crippen LogP contribution in [-0.4, -0.2) is 40.8 Å². The number of para-hydroxylation sites is 2. The third kappa shape index (κ3) is 3.32. The van der Waals surface area contributed by atoms with Gasteiger partial charge in [-0.3, -0.25) is 4.90 Å². The quantitative estimate of drug-likeness (QED) is 0.727. The van der Waals surface area contributed by atoms with Crippen LogP contribution in [0, 0.1) is 6.92 Å². The number of morpholine rings is 1. The Morgan fingerprint density at radius 1 is 1.04 bits per heavy atom. The van der Waals surface area contributed by atoms with Crippen molar-refractivity contribution in [1.82, 2.24) is 14.5 Å². The summed E-state index contributed by atoms with van der Waals surface area (Å²) in [5.74, 6) is 1.14. The minimum atomic E-state index is 0.279. The third-order valence-electron chi connectivity index (χ3n) is 5.11. The second-order valence-corrected chi connectivity index (χ2v) is 6.85. The van der Waals surface area contributed by atoms with Crippen molar-refractivity contribution >= 4 is 11.0 Å². The summed E-state index contributed by atoms with van der Waals surface area (Å²) < 4.78 is 7.89. The summed E-state index contributed by atoms with van der Waals surface area (Å²) in [6, 6.07) is 17.5. The Hall–Kier alpha value is -2.17. The molecule has 1 aliphatic rings. The first kappa shape index (κ1) is 16.3. The highest BCUT2D eigenvalue weighted by Crippen LogP contribution is 2.26. The number of nitrogens with zero attached hydrogens (tertiary/aromatic N) is 3. The van der Waals surface area contributed by atoms with Crippen LogP contribution >= 0.6 is 0 Å².